The number of aliphatic imine (C=N–C) groups is 1. The number of imidazole rings is 1. The third-order valence-electron chi connectivity index (χ3n) is 6.66. The van der Waals surface area contributed by atoms with Gasteiger partial charge in [-0.2, -0.15) is 0 Å². The Morgan fingerprint density at radius 1 is 1.12 bits per heavy atom. The van der Waals surface area contributed by atoms with Crippen molar-refractivity contribution in [2.24, 2.45) is 4.99 Å². The normalized spacial score (nSPS) is 19.4. The third kappa shape index (κ3) is 4.35. The Balaban J connectivity index is 1.27. The van der Waals surface area contributed by atoms with Crippen LogP contribution >= 0.6 is 0 Å². The number of rotatable bonds is 5. The number of hydrogen-bond donors (Lipinski definition) is 2. The number of hydrogen-bond acceptors (Lipinski definition) is 3. The van der Waals surface area contributed by atoms with Crippen molar-refractivity contribution in [3.05, 3.63) is 83.9 Å². The summed E-state index contributed by atoms with van der Waals surface area (Å²) in [5.41, 5.74) is 2.42. The predicted octanol–water partition coefficient (Wildman–Crippen LogP) is 4.43. The molecule has 0 bridgehead atoms. The fourth-order valence-corrected chi connectivity index (χ4v) is 5.03. The van der Waals surface area contributed by atoms with E-state index in [9.17, 15) is 0 Å². The summed E-state index contributed by atoms with van der Waals surface area (Å²) in [6.07, 6.45) is 9.59. The lowest BCUT2D eigenvalue weighted by atomic mass is 9.86. The summed E-state index contributed by atoms with van der Waals surface area (Å²) in [7, 11) is 1.82. The van der Waals surface area contributed by atoms with E-state index in [-0.39, 0.29) is 11.6 Å². The molecule has 0 radical (unpaired) electrons. The average Bonchev–Trinajstić information content (AvgIpc) is 3.46. The van der Waals surface area contributed by atoms with Crippen LogP contribution in [0.5, 0.6) is 5.75 Å². The highest BCUT2D eigenvalue weighted by Gasteiger charge is 2.43. The van der Waals surface area contributed by atoms with Crippen LogP contribution in [0, 0.1) is 0 Å². The summed E-state index contributed by atoms with van der Waals surface area (Å²) in [6, 6.07) is 19.0. The second-order valence-electron chi connectivity index (χ2n) is 8.81. The van der Waals surface area contributed by atoms with Crippen molar-refractivity contribution >= 4 is 5.96 Å². The molecular formula is C26H31N5O. The lowest BCUT2D eigenvalue weighted by Crippen LogP contribution is -2.46. The van der Waals surface area contributed by atoms with Gasteiger partial charge in [-0.3, -0.25) is 4.99 Å². The fraction of sp³-hybridized carbons (Fsp3) is 0.385. The first-order valence-electron chi connectivity index (χ1n) is 11.5. The number of guanidine groups is 1. The van der Waals surface area contributed by atoms with Gasteiger partial charge >= 0.3 is 0 Å². The van der Waals surface area contributed by atoms with E-state index in [0.29, 0.717) is 6.54 Å². The number of benzene rings is 2. The smallest absolute Gasteiger partial charge is 0.191 e. The van der Waals surface area contributed by atoms with Gasteiger partial charge in [0.2, 0.25) is 0 Å². The van der Waals surface area contributed by atoms with E-state index in [1.54, 1.807) is 0 Å². The number of fused-ring (bicyclic) bond motifs is 1. The molecule has 2 heterocycles. The zero-order valence-corrected chi connectivity index (χ0v) is 18.6. The number of ether oxygens (including phenoxy) is 1. The van der Waals surface area contributed by atoms with Gasteiger partial charge in [-0.1, -0.05) is 48.5 Å². The van der Waals surface area contributed by atoms with Crippen LogP contribution in [-0.2, 0) is 13.1 Å². The van der Waals surface area contributed by atoms with Crippen LogP contribution in [0.15, 0.2) is 72.0 Å². The number of nitrogens with one attached hydrogen (secondary N) is 2. The molecule has 1 unspecified atom stereocenters. The summed E-state index contributed by atoms with van der Waals surface area (Å²) in [5.74, 6) is 2.78. The SMILES string of the molecule is CN=C(NCc1nccn1Cc1ccccc1)NC1CC2(CCCC2)Oc2ccccc21. The lowest BCUT2D eigenvalue weighted by Gasteiger charge is -2.40. The molecule has 1 aliphatic heterocycles. The van der Waals surface area contributed by atoms with Crippen molar-refractivity contribution < 1.29 is 4.74 Å². The summed E-state index contributed by atoms with van der Waals surface area (Å²) < 4.78 is 8.68. The van der Waals surface area contributed by atoms with Crippen molar-refractivity contribution in [3.63, 3.8) is 0 Å². The Labute approximate surface area is 189 Å². The molecule has 1 aliphatic carbocycles. The Kier molecular flexibility index (Phi) is 5.84. The van der Waals surface area contributed by atoms with Crippen molar-refractivity contribution in [1.29, 1.82) is 0 Å². The quantitative estimate of drug-likeness (QED) is 0.465. The maximum absolute atomic E-state index is 6.50. The van der Waals surface area contributed by atoms with Crippen LogP contribution < -0.4 is 15.4 Å². The Morgan fingerprint density at radius 3 is 2.72 bits per heavy atom. The molecule has 1 fully saturated rings. The zero-order chi connectivity index (χ0) is 21.8. The molecule has 1 spiro atoms. The first kappa shape index (κ1) is 20.6. The molecule has 6 heteroatoms. The summed E-state index contributed by atoms with van der Waals surface area (Å²) in [5, 5.41) is 7.14. The van der Waals surface area contributed by atoms with Crippen LogP contribution in [0.2, 0.25) is 0 Å². The van der Waals surface area contributed by atoms with E-state index in [1.807, 2.05) is 25.5 Å². The van der Waals surface area contributed by atoms with Gasteiger partial charge in [-0.15, -0.1) is 0 Å². The van der Waals surface area contributed by atoms with Crippen LogP contribution in [-0.4, -0.2) is 28.2 Å². The van der Waals surface area contributed by atoms with Crippen LogP contribution in [0.4, 0.5) is 0 Å². The second-order valence-corrected chi connectivity index (χ2v) is 8.81. The highest BCUT2D eigenvalue weighted by Crippen LogP contribution is 2.46. The van der Waals surface area contributed by atoms with Crippen LogP contribution in [0.1, 0.15) is 55.1 Å². The Morgan fingerprint density at radius 2 is 1.91 bits per heavy atom. The number of para-hydroxylation sites is 1. The lowest BCUT2D eigenvalue weighted by molar-refractivity contribution is 0.0396. The minimum Gasteiger partial charge on any atom is -0.487 e. The van der Waals surface area contributed by atoms with Crippen molar-refractivity contribution in [2.75, 3.05) is 7.05 Å². The monoisotopic (exact) mass is 429 g/mol. The minimum atomic E-state index is -0.0448. The first-order chi connectivity index (χ1) is 15.7. The molecule has 2 aromatic carbocycles. The highest BCUT2D eigenvalue weighted by molar-refractivity contribution is 5.80. The Bertz CT molecular complexity index is 1070. The van der Waals surface area contributed by atoms with Gasteiger partial charge in [-0.25, -0.2) is 4.98 Å². The van der Waals surface area contributed by atoms with Crippen LogP contribution in [0.3, 0.4) is 0 Å². The molecule has 2 N–H and O–H groups in total. The molecule has 5 rings (SSSR count). The molecule has 2 aliphatic rings. The van der Waals surface area contributed by atoms with E-state index in [0.717, 1.165) is 43.3 Å². The molecular weight excluding hydrogens is 398 g/mol. The van der Waals surface area contributed by atoms with E-state index < -0.39 is 0 Å². The molecule has 32 heavy (non-hydrogen) atoms. The Hall–Kier alpha value is -3.28. The van der Waals surface area contributed by atoms with E-state index >= 15 is 0 Å². The fourth-order valence-electron chi connectivity index (χ4n) is 5.03. The molecule has 166 valence electrons. The average molecular weight is 430 g/mol. The van der Waals surface area contributed by atoms with Gasteiger partial charge in [0.25, 0.3) is 0 Å². The zero-order valence-electron chi connectivity index (χ0n) is 18.6. The number of nitrogens with zero attached hydrogens (tertiary/aromatic N) is 3. The maximum Gasteiger partial charge on any atom is 0.191 e. The molecule has 0 saturated heterocycles. The first-order valence-corrected chi connectivity index (χ1v) is 11.5. The van der Waals surface area contributed by atoms with Gasteiger partial charge in [0.1, 0.15) is 17.2 Å². The largest absolute Gasteiger partial charge is 0.487 e. The van der Waals surface area contributed by atoms with Crippen LogP contribution in [0.25, 0.3) is 0 Å². The topological polar surface area (TPSA) is 63.5 Å². The summed E-state index contributed by atoms with van der Waals surface area (Å²) in [4.78, 5) is 9.06. The van der Waals surface area contributed by atoms with Gasteiger partial charge in [0.05, 0.1) is 12.6 Å². The summed E-state index contributed by atoms with van der Waals surface area (Å²) in [6.45, 7) is 1.41. The molecule has 1 saturated carbocycles. The second kappa shape index (κ2) is 9.07. The van der Waals surface area contributed by atoms with Crippen molar-refractivity contribution in [2.45, 2.75) is 56.8 Å². The van der Waals surface area contributed by atoms with Gasteiger partial charge < -0.3 is 19.9 Å². The summed E-state index contributed by atoms with van der Waals surface area (Å²) >= 11 is 0. The highest BCUT2D eigenvalue weighted by atomic mass is 16.5. The van der Waals surface area contributed by atoms with Gasteiger partial charge in [0, 0.05) is 38.0 Å². The van der Waals surface area contributed by atoms with Crippen molar-refractivity contribution in [3.8, 4) is 5.75 Å². The maximum atomic E-state index is 6.50. The van der Waals surface area contributed by atoms with Crippen molar-refractivity contribution in [1.82, 2.24) is 20.2 Å². The molecule has 0 amide bonds. The predicted molar refractivity (Wildman–Crippen MR) is 127 cm³/mol. The van der Waals surface area contributed by atoms with E-state index in [1.165, 1.54) is 24.0 Å². The number of aromatic nitrogens is 2. The van der Waals surface area contributed by atoms with Gasteiger partial charge in [-0.05, 0) is 37.3 Å². The van der Waals surface area contributed by atoms with E-state index in [4.69, 9.17) is 4.74 Å². The van der Waals surface area contributed by atoms with Gasteiger partial charge in [0.15, 0.2) is 5.96 Å². The third-order valence-corrected chi connectivity index (χ3v) is 6.66. The molecule has 1 atom stereocenters. The standard InChI is InChI=1S/C26H31N5O/c1-27-25(29-18-24-28-15-16-31(24)19-20-9-3-2-4-10-20)30-22-17-26(13-7-8-14-26)32-23-12-6-5-11-21(22)23/h2-6,9-12,15-16,22H,7-8,13-14,17-19H2,1H3,(H2,27,29,30). The van der Waals surface area contributed by atoms with E-state index in [2.05, 4.69) is 73.7 Å². The minimum absolute atomic E-state index is 0.0448. The molecule has 1 aromatic heterocycles. The molecule has 6 nitrogen and oxygen atoms in total. The molecule has 3 aromatic rings.